The van der Waals surface area contributed by atoms with Crippen molar-refractivity contribution >= 4 is 0 Å². The SMILES string of the molecule is CC1=C(C(C)(C)C)COCC1. The van der Waals surface area contributed by atoms with Crippen LogP contribution < -0.4 is 0 Å². The van der Waals surface area contributed by atoms with Crippen molar-refractivity contribution < 1.29 is 4.74 Å². The minimum Gasteiger partial charge on any atom is -0.377 e. The van der Waals surface area contributed by atoms with Gasteiger partial charge in [0.1, 0.15) is 0 Å². The van der Waals surface area contributed by atoms with Gasteiger partial charge < -0.3 is 4.74 Å². The van der Waals surface area contributed by atoms with E-state index in [2.05, 4.69) is 27.7 Å². The van der Waals surface area contributed by atoms with Crippen molar-refractivity contribution in [1.29, 1.82) is 0 Å². The van der Waals surface area contributed by atoms with E-state index in [1.807, 2.05) is 0 Å². The molecule has 1 rings (SSSR count). The van der Waals surface area contributed by atoms with Gasteiger partial charge in [0, 0.05) is 0 Å². The molecule has 0 saturated heterocycles. The van der Waals surface area contributed by atoms with Crippen molar-refractivity contribution in [2.24, 2.45) is 5.41 Å². The fourth-order valence-corrected chi connectivity index (χ4v) is 1.53. The average Bonchev–Trinajstić information content (AvgIpc) is 1.86. The van der Waals surface area contributed by atoms with Crippen LogP contribution in [0, 0.1) is 5.41 Å². The predicted octanol–water partition coefficient (Wildman–Crippen LogP) is 2.77. The number of rotatable bonds is 0. The molecule has 0 aromatic heterocycles. The molecule has 0 N–H and O–H groups in total. The molecule has 0 fully saturated rings. The van der Waals surface area contributed by atoms with Crippen LogP contribution in [0.5, 0.6) is 0 Å². The molecular weight excluding hydrogens is 136 g/mol. The van der Waals surface area contributed by atoms with Crippen LogP contribution in [-0.2, 0) is 4.74 Å². The smallest absolute Gasteiger partial charge is 0.0684 e. The number of ether oxygens (including phenoxy) is 1. The topological polar surface area (TPSA) is 9.23 Å². The van der Waals surface area contributed by atoms with E-state index in [0.29, 0.717) is 5.41 Å². The molecular formula is C10H18O. The van der Waals surface area contributed by atoms with Crippen molar-refractivity contribution in [3.63, 3.8) is 0 Å². The first-order valence-electron chi connectivity index (χ1n) is 4.28. The molecule has 0 aromatic carbocycles. The Balaban J connectivity index is 2.83. The lowest BCUT2D eigenvalue weighted by molar-refractivity contribution is 0.131. The monoisotopic (exact) mass is 154 g/mol. The second-order valence-corrected chi connectivity index (χ2v) is 4.31. The maximum absolute atomic E-state index is 5.42. The van der Waals surface area contributed by atoms with Crippen LogP contribution in [0.25, 0.3) is 0 Å². The van der Waals surface area contributed by atoms with E-state index in [1.54, 1.807) is 0 Å². The molecule has 0 saturated carbocycles. The van der Waals surface area contributed by atoms with Gasteiger partial charge in [-0.25, -0.2) is 0 Å². The molecule has 0 atom stereocenters. The van der Waals surface area contributed by atoms with Gasteiger partial charge in [0.15, 0.2) is 0 Å². The first-order valence-corrected chi connectivity index (χ1v) is 4.28. The Bertz CT molecular complexity index is 172. The Labute approximate surface area is 69.4 Å². The molecule has 0 spiro atoms. The van der Waals surface area contributed by atoms with Crippen LogP contribution in [-0.4, -0.2) is 13.2 Å². The van der Waals surface area contributed by atoms with Gasteiger partial charge in [-0.3, -0.25) is 0 Å². The van der Waals surface area contributed by atoms with Crippen LogP contribution in [0.3, 0.4) is 0 Å². The molecule has 0 amide bonds. The van der Waals surface area contributed by atoms with E-state index < -0.39 is 0 Å². The highest BCUT2D eigenvalue weighted by atomic mass is 16.5. The number of hydrogen-bond donors (Lipinski definition) is 0. The summed E-state index contributed by atoms with van der Waals surface area (Å²) in [6.07, 6.45) is 1.12. The summed E-state index contributed by atoms with van der Waals surface area (Å²) in [6, 6.07) is 0. The third-order valence-corrected chi connectivity index (χ3v) is 2.29. The molecule has 0 unspecified atom stereocenters. The van der Waals surface area contributed by atoms with Crippen LogP contribution >= 0.6 is 0 Å². The van der Waals surface area contributed by atoms with Gasteiger partial charge >= 0.3 is 0 Å². The standard InChI is InChI=1S/C10H18O/c1-8-5-6-11-7-9(8)10(2,3)4/h5-7H2,1-4H3. The van der Waals surface area contributed by atoms with E-state index in [4.69, 9.17) is 4.74 Å². The summed E-state index contributed by atoms with van der Waals surface area (Å²) >= 11 is 0. The minimum absolute atomic E-state index is 0.296. The fourth-order valence-electron chi connectivity index (χ4n) is 1.53. The zero-order valence-corrected chi connectivity index (χ0v) is 8.03. The molecule has 1 aliphatic rings. The molecule has 0 aromatic rings. The zero-order chi connectivity index (χ0) is 8.48. The quantitative estimate of drug-likeness (QED) is 0.487. The molecule has 11 heavy (non-hydrogen) atoms. The van der Waals surface area contributed by atoms with Crippen LogP contribution in [0.15, 0.2) is 11.1 Å². The largest absolute Gasteiger partial charge is 0.377 e. The maximum atomic E-state index is 5.42. The Kier molecular flexibility index (Phi) is 2.38. The highest BCUT2D eigenvalue weighted by Gasteiger charge is 2.21. The lowest BCUT2D eigenvalue weighted by Gasteiger charge is -2.29. The summed E-state index contributed by atoms with van der Waals surface area (Å²) in [5.41, 5.74) is 3.32. The van der Waals surface area contributed by atoms with Gasteiger partial charge in [-0.1, -0.05) is 26.3 Å². The molecule has 0 radical (unpaired) electrons. The van der Waals surface area contributed by atoms with Crippen molar-refractivity contribution in [2.45, 2.75) is 34.1 Å². The first kappa shape index (κ1) is 8.79. The van der Waals surface area contributed by atoms with E-state index >= 15 is 0 Å². The van der Waals surface area contributed by atoms with Crippen LogP contribution in [0.4, 0.5) is 0 Å². The Morgan fingerprint density at radius 3 is 2.27 bits per heavy atom. The van der Waals surface area contributed by atoms with Crippen LogP contribution in [0.1, 0.15) is 34.1 Å². The molecule has 64 valence electrons. The molecule has 1 aliphatic heterocycles. The first-order chi connectivity index (χ1) is 5.02. The highest BCUT2D eigenvalue weighted by Crippen LogP contribution is 2.31. The Morgan fingerprint density at radius 2 is 1.91 bits per heavy atom. The van der Waals surface area contributed by atoms with E-state index in [0.717, 1.165) is 19.6 Å². The van der Waals surface area contributed by atoms with Gasteiger partial charge in [-0.05, 0) is 24.3 Å². The lowest BCUT2D eigenvalue weighted by atomic mass is 9.82. The summed E-state index contributed by atoms with van der Waals surface area (Å²) in [7, 11) is 0. The van der Waals surface area contributed by atoms with E-state index in [-0.39, 0.29) is 0 Å². The lowest BCUT2D eigenvalue weighted by Crippen LogP contribution is -2.20. The average molecular weight is 154 g/mol. The second-order valence-electron chi connectivity index (χ2n) is 4.31. The van der Waals surface area contributed by atoms with Crippen LogP contribution in [0.2, 0.25) is 0 Å². The van der Waals surface area contributed by atoms with E-state index in [1.165, 1.54) is 11.1 Å². The molecule has 1 nitrogen and oxygen atoms in total. The summed E-state index contributed by atoms with van der Waals surface area (Å²) in [4.78, 5) is 0. The van der Waals surface area contributed by atoms with Crippen molar-refractivity contribution in [1.82, 2.24) is 0 Å². The molecule has 1 heteroatoms. The maximum Gasteiger partial charge on any atom is 0.0684 e. The third kappa shape index (κ3) is 2.06. The minimum atomic E-state index is 0.296. The van der Waals surface area contributed by atoms with Gasteiger partial charge in [-0.15, -0.1) is 0 Å². The summed E-state index contributed by atoms with van der Waals surface area (Å²) in [5.74, 6) is 0. The Hall–Kier alpha value is -0.300. The van der Waals surface area contributed by atoms with Gasteiger partial charge in [0.25, 0.3) is 0 Å². The normalized spacial score (nSPS) is 20.7. The van der Waals surface area contributed by atoms with E-state index in [9.17, 15) is 0 Å². The summed E-state index contributed by atoms with van der Waals surface area (Å²) in [6.45, 7) is 10.7. The summed E-state index contributed by atoms with van der Waals surface area (Å²) in [5, 5.41) is 0. The number of hydrogen-bond acceptors (Lipinski definition) is 1. The molecule has 1 heterocycles. The predicted molar refractivity (Wildman–Crippen MR) is 47.6 cm³/mol. The Morgan fingerprint density at radius 1 is 1.27 bits per heavy atom. The highest BCUT2D eigenvalue weighted by molar-refractivity contribution is 5.20. The van der Waals surface area contributed by atoms with Gasteiger partial charge in [0.2, 0.25) is 0 Å². The second kappa shape index (κ2) is 2.98. The van der Waals surface area contributed by atoms with Crippen molar-refractivity contribution in [3.05, 3.63) is 11.1 Å². The molecule has 0 aliphatic carbocycles. The molecule has 0 bridgehead atoms. The zero-order valence-electron chi connectivity index (χ0n) is 8.03. The van der Waals surface area contributed by atoms with Crippen molar-refractivity contribution in [3.8, 4) is 0 Å². The third-order valence-electron chi connectivity index (χ3n) is 2.29. The summed E-state index contributed by atoms with van der Waals surface area (Å²) < 4.78 is 5.42. The van der Waals surface area contributed by atoms with Crippen molar-refractivity contribution in [2.75, 3.05) is 13.2 Å². The fraction of sp³-hybridized carbons (Fsp3) is 0.800. The van der Waals surface area contributed by atoms with Gasteiger partial charge in [0.05, 0.1) is 13.2 Å². The van der Waals surface area contributed by atoms with Gasteiger partial charge in [-0.2, -0.15) is 0 Å².